The van der Waals surface area contributed by atoms with Crippen molar-refractivity contribution in [3.05, 3.63) is 42.2 Å². The molecule has 3 heteroatoms. The van der Waals surface area contributed by atoms with Gasteiger partial charge in [0.1, 0.15) is 0 Å². The Bertz CT molecular complexity index is 460. The van der Waals surface area contributed by atoms with E-state index in [-0.39, 0.29) is 0 Å². The zero-order valence-electron chi connectivity index (χ0n) is 9.77. The van der Waals surface area contributed by atoms with Crippen molar-refractivity contribution in [2.75, 3.05) is 5.32 Å². The van der Waals surface area contributed by atoms with E-state index in [0.717, 1.165) is 24.6 Å². The molecule has 0 saturated heterocycles. The summed E-state index contributed by atoms with van der Waals surface area (Å²) in [5.74, 6) is 0.906. The summed E-state index contributed by atoms with van der Waals surface area (Å²) in [6, 6.07) is 8.34. The van der Waals surface area contributed by atoms with Gasteiger partial charge in [0.05, 0.1) is 0 Å². The molecule has 0 saturated carbocycles. The minimum atomic E-state index is 0.906. The van der Waals surface area contributed by atoms with E-state index in [9.17, 15) is 0 Å². The summed E-state index contributed by atoms with van der Waals surface area (Å²) in [5, 5.41) is 3.37. The van der Waals surface area contributed by atoms with Gasteiger partial charge in [0.2, 0.25) is 5.95 Å². The van der Waals surface area contributed by atoms with Crippen LogP contribution in [-0.4, -0.2) is 9.55 Å². The third kappa shape index (κ3) is 2.08. The first-order chi connectivity index (χ1) is 7.85. The zero-order valence-corrected chi connectivity index (χ0v) is 9.77. The van der Waals surface area contributed by atoms with Crippen LogP contribution in [0.25, 0.3) is 0 Å². The van der Waals surface area contributed by atoms with Gasteiger partial charge in [0.25, 0.3) is 0 Å². The Balaban J connectivity index is 2.26. The van der Waals surface area contributed by atoms with Gasteiger partial charge in [0, 0.05) is 24.6 Å². The second-order valence-corrected chi connectivity index (χ2v) is 3.67. The van der Waals surface area contributed by atoms with Crippen LogP contribution in [0.2, 0.25) is 0 Å². The van der Waals surface area contributed by atoms with Crippen molar-refractivity contribution in [3.8, 4) is 0 Å². The fourth-order valence-corrected chi connectivity index (χ4v) is 1.76. The third-order valence-corrected chi connectivity index (χ3v) is 2.70. The normalized spacial score (nSPS) is 10.4. The number of aromatic nitrogens is 2. The van der Waals surface area contributed by atoms with Crippen molar-refractivity contribution < 1.29 is 0 Å². The molecule has 2 aromatic rings. The number of hydrogen-bond donors (Lipinski definition) is 1. The molecule has 0 fully saturated rings. The highest BCUT2D eigenvalue weighted by Crippen LogP contribution is 2.19. The molecule has 0 aliphatic rings. The highest BCUT2D eigenvalue weighted by Gasteiger charge is 2.03. The van der Waals surface area contributed by atoms with Crippen molar-refractivity contribution >= 4 is 11.6 Å². The lowest BCUT2D eigenvalue weighted by Crippen LogP contribution is -2.03. The van der Waals surface area contributed by atoms with Crippen molar-refractivity contribution in [1.29, 1.82) is 0 Å². The molecule has 0 amide bonds. The van der Waals surface area contributed by atoms with E-state index < -0.39 is 0 Å². The van der Waals surface area contributed by atoms with Gasteiger partial charge in [-0.05, 0) is 25.0 Å². The Labute approximate surface area is 96.1 Å². The number of hydrogen-bond acceptors (Lipinski definition) is 2. The van der Waals surface area contributed by atoms with Gasteiger partial charge in [-0.3, -0.25) is 0 Å². The molecule has 84 valence electrons. The van der Waals surface area contributed by atoms with Gasteiger partial charge in [-0.25, -0.2) is 4.98 Å². The molecule has 1 N–H and O–H groups in total. The van der Waals surface area contributed by atoms with Gasteiger partial charge in [-0.15, -0.1) is 0 Å². The van der Waals surface area contributed by atoms with E-state index in [4.69, 9.17) is 0 Å². The quantitative estimate of drug-likeness (QED) is 0.848. The Morgan fingerprint density at radius 3 is 2.81 bits per heavy atom. The van der Waals surface area contributed by atoms with Crippen LogP contribution in [0.4, 0.5) is 11.6 Å². The van der Waals surface area contributed by atoms with E-state index in [1.807, 2.05) is 18.5 Å². The van der Waals surface area contributed by atoms with Crippen molar-refractivity contribution in [2.24, 2.45) is 0 Å². The minimum Gasteiger partial charge on any atom is -0.325 e. The van der Waals surface area contributed by atoms with Gasteiger partial charge in [-0.2, -0.15) is 0 Å². The monoisotopic (exact) mass is 215 g/mol. The van der Waals surface area contributed by atoms with Crippen LogP contribution in [0.3, 0.4) is 0 Å². The van der Waals surface area contributed by atoms with E-state index in [0.29, 0.717) is 0 Å². The lowest BCUT2D eigenvalue weighted by molar-refractivity contribution is 0.771. The lowest BCUT2D eigenvalue weighted by atomic mass is 10.1. The molecule has 1 heterocycles. The van der Waals surface area contributed by atoms with Crippen molar-refractivity contribution in [3.63, 3.8) is 0 Å². The first kappa shape index (κ1) is 10.7. The summed E-state index contributed by atoms with van der Waals surface area (Å²) in [6.07, 6.45) is 4.83. The third-order valence-electron chi connectivity index (χ3n) is 2.70. The summed E-state index contributed by atoms with van der Waals surface area (Å²) in [7, 11) is 0. The fraction of sp³-hybridized carbons (Fsp3) is 0.308. The highest BCUT2D eigenvalue weighted by atomic mass is 15.2. The Morgan fingerprint density at radius 2 is 2.06 bits per heavy atom. The van der Waals surface area contributed by atoms with E-state index >= 15 is 0 Å². The Kier molecular flexibility index (Phi) is 3.25. The number of nitrogens with zero attached hydrogens (tertiary/aromatic N) is 2. The number of para-hydroxylation sites is 1. The average Bonchev–Trinajstić information content (AvgIpc) is 2.77. The van der Waals surface area contributed by atoms with E-state index in [1.165, 1.54) is 5.56 Å². The number of rotatable bonds is 4. The summed E-state index contributed by atoms with van der Waals surface area (Å²) in [4.78, 5) is 4.31. The van der Waals surface area contributed by atoms with Gasteiger partial charge in [0.15, 0.2) is 0 Å². The zero-order chi connectivity index (χ0) is 11.4. The molecule has 1 aromatic carbocycles. The summed E-state index contributed by atoms with van der Waals surface area (Å²) < 4.78 is 2.09. The molecule has 0 bridgehead atoms. The van der Waals surface area contributed by atoms with Crippen LogP contribution in [0.1, 0.15) is 19.4 Å². The Hall–Kier alpha value is -1.77. The maximum atomic E-state index is 4.31. The summed E-state index contributed by atoms with van der Waals surface area (Å²) >= 11 is 0. The molecule has 16 heavy (non-hydrogen) atoms. The minimum absolute atomic E-state index is 0.906. The molecule has 0 unspecified atom stereocenters. The van der Waals surface area contributed by atoms with E-state index in [2.05, 4.69) is 46.9 Å². The molecule has 0 aliphatic heterocycles. The smallest absolute Gasteiger partial charge is 0.207 e. The SMILES string of the molecule is CCc1ccccc1Nc1nccn1CC. The molecule has 2 rings (SSSR count). The maximum absolute atomic E-state index is 4.31. The molecule has 0 radical (unpaired) electrons. The van der Waals surface area contributed by atoms with E-state index in [1.54, 1.807) is 0 Å². The van der Waals surface area contributed by atoms with Gasteiger partial charge in [-0.1, -0.05) is 25.1 Å². The van der Waals surface area contributed by atoms with Crippen LogP contribution >= 0.6 is 0 Å². The maximum Gasteiger partial charge on any atom is 0.207 e. The number of imidazole rings is 1. The predicted molar refractivity (Wildman–Crippen MR) is 67.0 cm³/mol. The largest absolute Gasteiger partial charge is 0.325 e. The van der Waals surface area contributed by atoms with Crippen molar-refractivity contribution in [2.45, 2.75) is 26.8 Å². The summed E-state index contributed by atoms with van der Waals surface area (Å²) in [5.41, 5.74) is 2.46. The number of benzene rings is 1. The predicted octanol–water partition coefficient (Wildman–Crippen LogP) is 3.21. The second-order valence-electron chi connectivity index (χ2n) is 3.67. The average molecular weight is 215 g/mol. The topological polar surface area (TPSA) is 29.9 Å². The molecule has 3 nitrogen and oxygen atoms in total. The van der Waals surface area contributed by atoms with Crippen molar-refractivity contribution in [1.82, 2.24) is 9.55 Å². The van der Waals surface area contributed by atoms with Gasteiger partial charge < -0.3 is 9.88 Å². The van der Waals surface area contributed by atoms with Crippen LogP contribution in [0, 0.1) is 0 Å². The molecule has 0 atom stereocenters. The number of aryl methyl sites for hydroxylation is 2. The first-order valence-electron chi connectivity index (χ1n) is 5.71. The second kappa shape index (κ2) is 4.84. The summed E-state index contributed by atoms with van der Waals surface area (Å²) in [6.45, 7) is 5.20. The number of nitrogens with one attached hydrogen (secondary N) is 1. The van der Waals surface area contributed by atoms with Crippen LogP contribution in [0.5, 0.6) is 0 Å². The lowest BCUT2D eigenvalue weighted by Gasteiger charge is -2.11. The molecule has 1 aromatic heterocycles. The fourth-order valence-electron chi connectivity index (χ4n) is 1.76. The van der Waals surface area contributed by atoms with Crippen LogP contribution in [0.15, 0.2) is 36.7 Å². The van der Waals surface area contributed by atoms with Crippen LogP contribution in [-0.2, 0) is 13.0 Å². The molecular weight excluding hydrogens is 198 g/mol. The van der Waals surface area contributed by atoms with Gasteiger partial charge >= 0.3 is 0 Å². The number of anilines is 2. The highest BCUT2D eigenvalue weighted by molar-refractivity contribution is 5.58. The molecule has 0 spiro atoms. The van der Waals surface area contributed by atoms with Crippen LogP contribution < -0.4 is 5.32 Å². The Morgan fingerprint density at radius 1 is 1.25 bits per heavy atom. The first-order valence-corrected chi connectivity index (χ1v) is 5.71. The standard InChI is InChI=1S/C13H17N3/c1-3-11-7-5-6-8-12(11)15-13-14-9-10-16(13)4-2/h5-10H,3-4H2,1-2H3,(H,14,15). The molecular formula is C13H17N3. The molecule has 0 aliphatic carbocycles.